The summed E-state index contributed by atoms with van der Waals surface area (Å²) in [7, 11) is 0. The maximum Gasteiger partial charge on any atom is 0.152 e. The zero-order chi connectivity index (χ0) is 12.4. The van der Waals surface area contributed by atoms with Gasteiger partial charge in [0.05, 0.1) is 11.6 Å². The summed E-state index contributed by atoms with van der Waals surface area (Å²) in [6.07, 6.45) is 1.71. The van der Waals surface area contributed by atoms with Gasteiger partial charge in [-0.25, -0.2) is 13.8 Å². The minimum absolute atomic E-state index is 0.0731. The molecule has 1 aromatic heterocycles. The van der Waals surface area contributed by atoms with E-state index in [-0.39, 0.29) is 5.69 Å². The second-order valence-electron chi connectivity index (χ2n) is 3.75. The van der Waals surface area contributed by atoms with E-state index in [1.807, 2.05) is 6.92 Å². The molecule has 1 heterocycles. The highest BCUT2D eigenvalue weighted by atomic mass is 32.1. The largest absolute Gasteiger partial charge is 0.375 e. The Morgan fingerprint density at radius 3 is 2.71 bits per heavy atom. The third-order valence-electron chi connectivity index (χ3n) is 2.39. The van der Waals surface area contributed by atoms with Crippen LogP contribution in [0.15, 0.2) is 18.3 Å². The van der Waals surface area contributed by atoms with Crippen molar-refractivity contribution >= 4 is 17.0 Å². The topological polar surface area (TPSA) is 24.9 Å². The first-order valence-corrected chi connectivity index (χ1v) is 5.99. The molecule has 2 nitrogen and oxygen atoms in total. The van der Waals surface area contributed by atoms with Gasteiger partial charge < -0.3 is 5.32 Å². The van der Waals surface area contributed by atoms with Gasteiger partial charge in [0.1, 0.15) is 11.5 Å². The number of hydrogen-bond acceptors (Lipinski definition) is 3. The monoisotopic (exact) mass is 254 g/mol. The Morgan fingerprint density at radius 2 is 2.06 bits per heavy atom. The van der Waals surface area contributed by atoms with E-state index in [0.717, 1.165) is 9.88 Å². The first kappa shape index (κ1) is 12.0. The van der Waals surface area contributed by atoms with Crippen LogP contribution in [0.25, 0.3) is 0 Å². The molecule has 0 atom stereocenters. The molecule has 2 aromatic rings. The highest BCUT2D eigenvalue weighted by Gasteiger charge is 2.11. The van der Waals surface area contributed by atoms with Gasteiger partial charge in [0.25, 0.3) is 0 Å². The first-order chi connectivity index (χ1) is 8.08. The average Bonchev–Trinajstić information content (AvgIpc) is 2.70. The molecule has 0 aliphatic heterocycles. The van der Waals surface area contributed by atoms with Crippen molar-refractivity contribution in [2.24, 2.45) is 0 Å². The Bertz CT molecular complexity index is 537. The second-order valence-corrected chi connectivity index (χ2v) is 5.07. The van der Waals surface area contributed by atoms with Crippen molar-refractivity contribution in [3.05, 3.63) is 45.4 Å². The number of rotatable bonds is 3. The standard InChI is InChI=1S/C12H12F2N2S/c1-7-3-4-10(13)12(11(7)14)16-6-9-5-15-8(2)17-9/h3-5,16H,6H2,1-2H3. The molecule has 2 rings (SSSR count). The van der Waals surface area contributed by atoms with Crippen LogP contribution in [0.1, 0.15) is 15.4 Å². The molecule has 5 heteroatoms. The summed E-state index contributed by atoms with van der Waals surface area (Å²) in [5.74, 6) is -1.11. The fraction of sp³-hybridized carbons (Fsp3) is 0.250. The van der Waals surface area contributed by atoms with Crippen molar-refractivity contribution in [1.82, 2.24) is 4.98 Å². The lowest BCUT2D eigenvalue weighted by Crippen LogP contribution is -2.03. The van der Waals surface area contributed by atoms with E-state index in [0.29, 0.717) is 12.1 Å². The molecule has 0 bridgehead atoms. The SMILES string of the molecule is Cc1ncc(CNc2c(F)ccc(C)c2F)s1. The van der Waals surface area contributed by atoms with Gasteiger partial charge >= 0.3 is 0 Å². The fourth-order valence-corrected chi connectivity index (χ4v) is 2.22. The van der Waals surface area contributed by atoms with Gasteiger partial charge in [-0.15, -0.1) is 11.3 Å². The molecule has 0 aliphatic rings. The van der Waals surface area contributed by atoms with Crippen LogP contribution in [0.5, 0.6) is 0 Å². The van der Waals surface area contributed by atoms with Crippen LogP contribution >= 0.6 is 11.3 Å². The van der Waals surface area contributed by atoms with Gasteiger partial charge in [0, 0.05) is 11.1 Å². The summed E-state index contributed by atoms with van der Waals surface area (Å²) in [6, 6.07) is 2.69. The molecule has 0 radical (unpaired) electrons. The Hall–Kier alpha value is -1.49. The van der Waals surface area contributed by atoms with Gasteiger partial charge in [0.2, 0.25) is 0 Å². The predicted octanol–water partition coefficient (Wildman–Crippen LogP) is 3.65. The molecule has 0 saturated carbocycles. The third kappa shape index (κ3) is 2.61. The van der Waals surface area contributed by atoms with Crippen molar-refractivity contribution in [3.8, 4) is 0 Å². The molecule has 1 aromatic carbocycles. The molecule has 1 N–H and O–H groups in total. The lowest BCUT2D eigenvalue weighted by atomic mass is 10.2. The Morgan fingerprint density at radius 1 is 1.29 bits per heavy atom. The van der Waals surface area contributed by atoms with E-state index in [1.165, 1.54) is 23.5 Å². The van der Waals surface area contributed by atoms with E-state index in [4.69, 9.17) is 0 Å². The number of aromatic nitrogens is 1. The van der Waals surface area contributed by atoms with Gasteiger partial charge in [-0.3, -0.25) is 0 Å². The van der Waals surface area contributed by atoms with Crippen LogP contribution in [0, 0.1) is 25.5 Å². The summed E-state index contributed by atoms with van der Waals surface area (Å²) in [5, 5.41) is 3.71. The molecule has 0 amide bonds. The number of aryl methyl sites for hydroxylation is 2. The minimum atomic E-state index is -0.575. The normalized spacial score (nSPS) is 10.6. The molecule has 0 fully saturated rings. The number of hydrogen-bond donors (Lipinski definition) is 1. The molecular formula is C12H12F2N2S. The Balaban J connectivity index is 2.16. The molecule has 17 heavy (non-hydrogen) atoms. The maximum atomic E-state index is 13.7. The van der Waals surface area contributed by atoms with Crippen LogP contribution in [0.3, 0.4) is 0 Å². The average molecular weight is 254 g/mol. The first-order valence-electron chi connectivity index (χ1n) is 5.17. The van der Waals surface area contributed by atoms with Gasteiger partial charge in [0.15, 0.2) is 5.82 Å². The van der Waals surface area contributed by atoms with E-state index in [9.17, 15) is 8.78 Å². The van der Waals surface area contributed by atoms with Crippen LogP contribution in [0.2, 0.25) is 0 Å². The fourth-order valence-electron chi connectivity index (χ4n) is 1.48. The number of nitrogens with one attached hydrogen (secondary N) is 1. The van der Waals surface area contributed by atoms with Crippen LogP contribution in [-0.4, -0.2) is 4.98 Å². The smallest absolute Gasteiger partial charge is 0.152 e. The van der Waals surface area contributed by atoms with E-state index >= 15 is 0 Å². The lowest BCUT2D eigenvalue weighted by Gasteiger charge is -2.08. The zero-order valence-electron chi connectivity index (χ0n) is 9.55. The zero-order valence-corrected chi connectivity index (χ0v) is 10.4. The molecule has 0 unspecified atom stereocenters. The van der Waals surface area contributed by atoms with Crippen molar-refractivity contribution in [1.29, 1.82) is 0 Å². The summed E-state index contributed by atoms with van der Waals surface area (Å²) in [4.78, 5) is 5.03. The maximum absolute atomic E-state index is 13.7. The van der Waals surface area contributed by atoms with Gasteiger partial charge in [-0.05, 0) is 25.5 Å². The molecule has 0 saturated heterocycles. The third-order valence-corrected chi connectivity index (χ3v) is 3.31. The summed E-state index contributed by atoms with van der Waals surface area (Å²) in [5.41, 5.74) is 0.352. The highest BCUT2D eigenvalue weighted by molar-refractivity contribution is 7.11. The van der Waals surface area contributed by atoms with Gasteiger partial charge in [-0.2, -0.15) is 0 Å². The minimum Gasteiger partial charge on any atom is -0.375 e. The molecule has 0 spiro atoms. The number of anilines is 1. The van der Waals surface area contributed by atoms with E-state index in [2.05, 4.69) is 10.3 Å². The van der Waals surface area contributed by atoms with E-state index < -0.39 is 11.6 Å². The number of benzene rings is 1. The van der Waals surface area contributed by atoms with Gasteiger partial charge in [-0.1, -0.05) is 6.07 Å². The Kier molecular flexibility index (Phi) is 3.38. The highest BCUT2D eigenvalue weighted by Crippen LogP contribution is 2.23. The summed E-state index contributed by atoms with van der Waals surface area (Å²) in [6.45, 7) is 3.88. The van der Waals surface area contributed by atoms with Crippen LogP contribution in [0.4, 0.5) is 14.5 Å². The van der Waals surface area contributed by atoms with E-state index in [1.54, 1.807) is 13.1 Å². The second kappa shape index (κ2) is 4.79. The van der Waals surface area contributed by atoms with Crippen molar-refractivity contribution in [3.63, 3.8) is 0 Å². The van der Waals surface area contributed by atoms with Crippen LogP contribution in [-0.2, 0) is 6.54 Å². The van der Waals surface area contributed by atoms with Crippen molar-refractivity contribution in [2.45, 2.75) is 20.4 Å². The lowest BCUT2D eigenvalue weighted by molar-refractivity contribution is 0.582. The number of nitrogens with zero attached hydrogens (tertiary/aromatic N) is 1. The van der Waals surface area contributed by atoms with Crippen LogP contribution < -0.4 is 5.32 Å². The molecule has 90 valence electrons. The summed E-state index contributed by atoms with van der Waals surface area (Å²) < 4.78 is 27.1. The summed E-state index contributed by atoms with van der Waals surface area (Å²) >= 11 is 1.50. The van der Waals surface area contributed by atoms with Crippen molar-refractivity contribution < 1.29 is 8.78 Å². The van der Waals surface area contributed by atoms with Crippen molar-refractivity contribution in [2.75, 3.05) is 5.32 Å². The predicted molar refractivity (Wildman–Crippen MR) is 65.3 cm³/mol. The quantitative estimate of drug-likeness (QED) is 0.904. The number of thiazole rings is 1. The molecular weight excluding hydrogens is 242 g/mol. The number of halogens is 2. The Labute approximate surface area is 102 Å². The molecule has 0 aliphatic carbocycles.